The number of amides is 1. The summed E-state index contributed by atoms with van der Waals surface area (Å²) in [7, 11) is 1.59. The lowest BCUT2D eigenvalue weighted by atomic mass is 10.3. The van der Waals surface area contributed by atoms with Gasteiger partial charge in [0.25, 0.3) is 0 Å². The zero-order valence-electron chi connectivity index (χ0n) is 15.2. The molecule has 4 rings (SSSR count). The monoisotopic (exact) mass is 426 g/mol. The minimum Gasteiger partial charge on any atom is -0.497 e. The number of aromatic nitrogens is 5. The maximum atomic E-state index is 12.3. The molecule has 2 heterocycles. The van der Waals surface area contributed by atoms with Gasteiger partial charge in [0.2, 0.25) is 5.91 Å². The predicted molar refractivity (Wildman–Crippen MR) is 112 cm³/mol. The van der Waals surface area contributed by atoms with Crippen LogP contribution in [0, 0.1) is 0 Å². The van der Waals surface area contributed by atoms with E-state index in [-0.39, 0.29) is 11.7 Å². The first-order chi connectivity index (χ1) is 14.1. The molecule has 0 radical (unpaired) electrons. The molecule has 4 aromatic rings. The minimum atomic E-state index is -0.158. The summed E-state index contributed by atoms with van der Waals surface area (Å²) < 4.78 is 6.70. The zero-order chi connectivity index (χ0) is 20.2. The van der Waals surface area contributed by atoms with Gasteiger partial charge in [-0.2, -0.15) is 4.68 Å². The molecule has 0 fully saturated rings. The number of anilines is 1. The Morgan fingerprint density at radius 2 is 2.03 bits per heavy atom. The van der Waals surface area contributed by atoms with E-state index >= 15 is 0 Å². The van der Waals surface area contributed by atoms with Crippen LogP contribution in [0.2, 0.25) is 5.02 Å². The van der Waals surface area contributed by atoms with Gasteiger partial charge in [-0.15, -0.1) is 5.10 Å². The molecule has 1 N–H and O–H groups in total. The van der Waals surface area contributed by atoms with Gasteiger partial charge in [0, 0.05) is 10.7 Å². The van der Waals surface area contributed by atoms with E-state index in [4.69, 9.17) is 16.3 Å². The summed E-state index contributed by atoms with van der Waals surface area (Å²) in [6, 6.07) is 14.4. The van der Waals surface area contributed by atoms with Gasteiger partial charge in [-0.3, -0.25) is 4.79 Å². The Kier molecular flexibility index (Phi) is 5.59. The molecule has 2 aromatic heterocycles. The van der Waals surface area contributed by atoms with Crippen molar-refractivity contribution in [1.29, 1.82) is 0 Å². The van der Waals surface area contributed by atoms with Crippen molar-refractivity contribution < 1.29 is 9.53 Å². The Labute approximate surface area is 175 Å². The second-order valence-electron chi connectivity index (χ2n) is 5.90. The van der Waals surface area contributed by atoms with E-state index in [0.29, 0.717) is 26.9 Å². The number of nitrogens with one attached hydrogen (secondary N) is 1. The SMILES string of the molecule is COc1ccc(NC(=O)CSc2ncnc3c2nnn3-c2cccc(Cl)c2)cc1. The molecule has 10 heteroatoms. The summed E-state index contributed by atoms with van der Waals surface area (Å²) in [6.45, 7) is 0. The third-order valence-corrected chi connectivity index (χ3v) is 5.18. The molecule has 0 atom stereocenters. The first kappa shape index (κ1) is 19.2. The third kappa shape index (κ3) is 4.30. The maximum Gasteiger partial charge on any atom is 0.234 e. The lowest BCUT2D eigenvalue weighted by molar-refractivity contribution is -0.113. The van der Waals surface area contributed by atoms with Crippen molar-refractivity contribution in [3.8, 4) is 11.4 Å². The normalized spacial score (nSPS) is 10.8. The van der Waals surface area contributed by atoms with Gasteiger partial charge in [-0.1, -0.05) is 34.6 Å². The third-order valence-electron chi connectivity index (χ3n) is 3.97. The van der Waals surface area contributed by atoms with Crippen molar-refractivity contribution in [2.75, 3.05) is 18.2 Å². The van der Waals surface area contributed by atoms with Crippen LogP contribution in [-0.4, -0.2) is 43.7 Å². The van der Waals surface area contributed by atoms with Crippen LogP contribution in [0.1, 0.15) is 0 Å². The second kappa shape index (κ2) is 8.46. The van der Waals surface area contributed by atoms with Crippen molar-refractivity contribution >= 4 is 46.1 Å². The predicted octanol–water partition coefficient (Wildman–Crippen LogP) is 3.60. The highest BCUT2D eigenvalue weighted by Crippen LogP contribution is 2.25. The summed E-state index contributed by atoms with van der Waals surface area (Å²) >= 11 is 7.33. The first-order valence-electron chi connectivity index (χ1n) is 8.53. The van der Waals surface area contributed by atoms with E-state index in [2.05, 4.69) is 25.6 Å². The second-order valence-corrected chi connectivity index (χ2v) is 7.30. The van der Waals surface area contributed by atoms with Crippen LogP contribution < -0.4 is 10.1 Å². The molecule has 0 saturated carbocycles. The van der Waals surface area contributed by atoms with Crippen LogP contribution in [0.5, 0.6) is 5.75 Å². The molecule has 2 aromatic carbocycles. The molecule has 146 valence electrons. The maximum absolute atomic E-state index is 12.3. The Balaban J connectivity index is 1.49. The number of ether oxygens (including phenoxy) is 1. The van der Waals surface area contributed by atoms with Gasteiger partial charge in [0.1, 0.15) is 17.1 Å². The molecule has 0 aliphatic carbocycles. The van der Waals surface area contributed by atoms with Gasteiger partial charge in [-0.25, -0.2) is 9.97 Å². The number of carbonyl (C=O) groups excluding carboxylic acids is 1. The van der Waals surface area contributed by atoms with E-state index in [0.717, 1.165) is 11.4 Å². The highest BCUT2D eigenvalue weighted by molar-refractivity contribution is 8.00. The Bertz CT molecular complexity index is 1170. The van der Waals surface area contributed by atoms with Crippen LogP contribution in [0.4, 0.5) is 5.69 Å². The Morgan fingerprint density at radius 1 is 1.21 bits per heavy atom. The van der Waals surface area contributed by atoms with Gasteiger partial charge >= 0.3 is 0 Å². The molecule has 0 bridgehead atoms. The van der Waals surface area contributed by atoms with Crippen molar-refractivity contribution in [1.82, 2.24) is 25.0 Å². The lowest BCUT2D eigenvalue weighted by Crippen LogP contribution is -2.14. The van der Waals surface area contributed by atoms with Crippen LogP contribution in [0.25, 0.3) is 16.9 Å². The van der Waals surface area contributed by atoms with E-state index in [9.17, 15) is 4.79 Å². The molecule has 0 unspecified atom stereocenters. The number of fused-ring (bicyclic) bond motifs is 1. The topological polar surface area (TPSA) is 94.8 Å². The van der Waals surface area contributed by atoms with Crippen LogP contribution in [-0.2, 0) is 4.79 Å². The van der Waals surface area contributed by atoms with Crippen LogP contribution in [0.15, 0.2) is 59.9 Å². The first-order valence-corrected chi connectivity index (χ1v) is 9.89. The standard InChI is InChI=1S/C19H15ClN6O2S/c1-28-15-7-5-13(6-8-15)23-16(27)10-29-19-17-18(21-11-22-19)26(25-24-17)14-4-2-3-12(20)9-14/h2-9,11H,10H2,1H3,(H,23,27). The highest BCUT2D eigenvalue weighted by Gasteiger charge is 2.15. The number of carbonyl (C=O) groups is 1. The number of rotatable bonds is 6. The summed E-state index contributed by atoms with van der Waals surface area (Å²) in [5.74, 6) is 0.736. The number of thioether (sulfide) groups is 1. The van der Waals surface area contributed by atoms with Gasteiger partial charge in [0.05, 0.1) is 18.6 Å². The zero-order valence-corrected chi connectivity index (χ0v) is 16.8. The summed E-state index contributed by atoms with van der Waals surface area (Å²) in [5, 5.41) is 12.3. The van der Waals surface area contributed by atoms with Crippen molar-refractivity contribution in [3.63, 3.8) is 0 Å². The van der Waals surface area contributed by atoms with Gasteiger partial charge in [0.15, 0.2) is 11.2 Å². The summed E-state index contributed by atoms with van der Waals surface area (Å²) in [5.41, 5.74) is 2.50. The van der Waals surface area contributed by atoms with Gasteiger partial charge in [-0.05, 0) is 42.5 Å². The van der Waals surface area contributed by atoms with Crippen molar-refractivity contribution in [2.24, 2.45) is 0 Å². The molecule has 0 aliphatic heterocycles. The molecule has 0 saturated heterocycles. The lowest BCUT2D eigenvalue weighted by Gasteiger charge is -2.06. The average molecular weight is 427 g/mol. The fourth-order valence-corrected chi connectivity index (χ4v) is 3.54. The Hall–Kier alpha value is -3.17. The molecular formula is C19H15ClN6O2S. The van der Waals surface area contributed by atoms with Crippen LogP contribution >= 0.6 is 23.4 Å². The number of halogens is 1. The molecule has 29 heavy (non-hydrogen) atoms. The average Bonchev–Trinajstić information content (AvgIpc) is 3.17. The number of hydrogen-bond acceptors (Lipinski definition) is 7. The minimum absolute atomic E-state index is 0.158. The van der Waals surface area contributed by atoms with Crippen molar-refractivity contribution in [3.05, 3.63) is 59.9 Å². The van der Waals surface area contributed by atoms with E-state index < -0.39 is 0 Å². The molecule has 1 amide bonds. The molecule has 8 nitrogen and oxygen atoms in total. The quantitative estimate of drug-likeness (QED) is 0.371. The largest absolute Gasteiger partial charge is 0.497 e. The molecule has 0 spiro atoms. The highest BCUT2D eigenvalue weighted by atomic mass is 35.5. The molecular weight excluding hydrogens is 412 g/mol. The summed E-state index contributed by atoms with van der Waals surface area (Å²) in [6.07, 6.45) is 1.43. The van der Waals surface area contributed by atoms with E-state index in [1.165, 1.54) is 18.1 Å². The Morgan fingerprint density at radius 3 is 2.79 bits per heavy atom. The number of nitrogens with zero attached hydrogens (tertiary/aromatic N) is 5. The number of methoxy groups -OCH3 is 1. The number of hydrogen-bond donors (Lipinski definition) is 1. The van der Waals surface area contributed by atoms with E-state index in [1.54, 1.807) is 48.2 Å². The van der Waals surface area contributed by atoms with Crippen LogP contribution in [0.3, 0.4) is 0 Å². The number of benzene rings is 2. The van der Waals surface area contributed by atoms with Crippen molar-refractivity contribution in [2.45, 2.75) is 5.03 Å². The van der Waals surface area contributed by atoms with E-state index in [1.807, 2.05) is 12.1 Å². The van der Waals surface area contributed by atoms with Gasteiger partial charge < -0.3 is 10.1 Å². The smallest absolute Gasteiger partial charge is 0.234 e. The fraction of sp³-hybridized carbons (Fsp3) is 0.105. The summed E-state index contributed by atoms with van der Waals surface area (Å²) in [4.78, 5) is 20.8. The fourth-order valence-electron chi connectivity index (χ4n) is 2.62. The molecule has 0 aliphatic rings.